The Hall–Kier alpha value is -1.12. The normalized spacial score (nSPS) is 10.4. The van der Waals surface area contributed by atoms with Crippen molar-refractivity contribution in [2.24, 2.45) is 5.73 Å². The van der Waals surface area contributed by atoms with E-state index in [1.807, 2.05) is 12.1 Å². The molecule has 2 rings (SSSR count). The van der Waals surface area contributed by atoms with Gasteiger partial charge in [0.05, 0.1) is 17.1 Å². The first-order valence-corrected chi connectivity index (χ1v) is 8.33. The van der Waals surface area contributed by atoms with Crippen molar-refractivity contribution in [2.45, 2.75) is 4.90 Å². The van der Waals surface area contributed by atoms with E-state index in [9.17, 15) is 9.18 Å². The number of thioether (sulfide) groups is 1. The molecule has 110 valence electrons. The maximum absolute atomic E-state index is 13.4. The maximum atomic E-state index is 13.4. The van der Waals surface area contributed by atoms with Crippen LogP contribution in [0.3, 0.4) is 0 Å². The number of amides is 1. The largest absolute Gasteiger partial charge is 0.373 e. The second kappa shape index (κ2) is 7.24. The Kier molecular flexibility index (Phi) is 5.60. The molecule has 0 bridgehead atoms. The van der Waals surface area contributed by atoms with Crippen LogP contribution in [0.25, 0.3) is 0 Å². The third-order valence-electron chi connectivity index (χ3n) is 2.53. The molecule has 0 aliphatic carbocycles. The van der Waals surface area contributed by atoms with E-state index in [0.29, 0.717) is 21.7 Å². The lowest BCUT2D eigenvalue weighted by Gasteiger charge is -2.10. The molecule has 0 saturated carbocycles. The van der Waals surface area contributed by atoms with Gasteiger partial charge in [0.1, 0.15) is 9.21 Å². The second-order valence-corrected chi connectivity index (χ2v) is 6.44. The summed E-state index contributed by atoms with van der Waals surface area (Å²) < 4.78 is 14.1. The van der Waals surface area contributed by atoms with Gasteiger partial charge in [-0.05, 0) is 44.0 Å². The summed E-state index contributed by atoms with van der Waals surface area (Å²) >= 11 is 7.66. The van der Waals surface area contributed by atoms with Crippen molar-refractivity contribution in [1.29, 1.82) is 0 Å². The van der Waals surface area contributed by atoms with Gasteiger partial charge in [-0.15, -0.1) is 11.8 Å². The van der Waals surface area contributed by atoms with E-state index in [1.165, 1.54) is 17.8 Å². The highest BCUT2D eigenvalue weighted by molar-refractivity contribution is 9.11. The summed E-state index contributed by atoms with van der Waals surface area (Å²) in [4.78, 5) is 16.0. The summed E-state index contributed by atoms with van der Waals surface area (Å²) in [5.41, 5.74) is 6.30. The number of anilines is 1. The molecule has 2 aromatic rings. The number of hydrogen-bond donors (Lipinski definition) is 2. The summed E-state index contributed by atoms with van der Waals surface area (Å²) in [6.45, 7) is 0. The number of pyridine rings is 1. The van der Waals surface area contributed by atoms with Gasteiger partial charge < -0.3 is 11.1 Å². The number of carbonyl (C=O) groups excluding carboxylic acids is 1. The first-order chi connectivity index (χ1) is 9.99. The smallest absolute Gasteiger partial charge is 0.249 e. The van der Waals surface area contributed by atoms with Crippen molar-refractivity contribution >= 4 is 55.2 Å². The highest BCUT2D eigenvalue weighted by atomic mass is 79.9. The SMILES string of the molecule is NC(=O)c1ccccc1SCNc1cc(F)c(Br)nc1Br. The van der Waals surface area contributed by atoms with E-state index in [1.54, 1.807) is 12.1 Å². The highest BCUT2D eigenvalue weighted by Crippen LogP contribution is 2.27. The van der Waals surface area contributed by atoms with Crippen molar-refractivity contribution < 1.29 is 9.18 Å². The Labute approximate surface area is 142 Å². The molecule has 0 radical (unpaired) electrons. The maximum Gasteiger partial charge on any atom is 0.249 e. The molecule has 3 N–H and O–H groups in total. The van der Waals surface area contributed by atoms with Crippen LogP contribution in [0.1, 0.15) is 10.4 Å². The summed E-state index contributed by atoms with van der Waals surface area (Å²) in [6.07, 6.45) is 0. The minimum Gasteiger partial charge on any atom is -0.373 e. The number of primary amides is 1. The van der Waals surface area contributed by atoms with Crippen LogP contribution in [-0.4, -0.2) is 16.8 Å². The molecule has 0 aliphatic heterocycles. The molecular formula is C13H10Br2FN3OS. The lowest BCUT2D eigenvalue weighted by Crippen LogP contribution is -2.12. The molecule has 0 fully saturated rings. The predicted molar refractivity (Wildman–Crippen MR) is 88.9 cm³/mol. The number of rotatable bonds is 5. The molecule has 1 aromatic heterocycles. The Bertz CT molecular complexity index is 684. The fourth-order valence-corrected chi connectivity index (χ4v) is 3.40. The molecule has 4 nitrogen and oxygen atoms in total. The Morgan fingerprint density at radius 2 is 2.05 bits per heavy atom. The van der Waals surface area contributed by atoms with E-state index >= 15 is 0 Å². The van der Waals surface area contributed by atoms with E-state index < -0.39 is 11.7 Å². The Morgan fingerprint density at radius 3 is 2.76 bits per heavy atom. The van der Waals surface area contributed by atoms with Crippen LogP contribution >= 0.6 is 43.6 Å². The Balaban J connectivity index is 2.06. The zero-order chi connectivity index (χ0) is 15.4. The lowest BCUT2D eigenvalue weighted by molar-refractivity contribution is 0.0997. The number of halogens is 3. The highest BCUT2D eigenvalue weighted by Gasteiger charge is 2.10. The van der Waals surface area contributed by atoms with E-state index in [2.05, 4.69) is 42.2 Å². The predicted octanol–water partition coefficient (Wildman–Crippen LogP) is 4.01. The molecule has 1 aromatic carbocycles. The summed E-state index contributed by atoms with van der Waals surface area (Å²) in [7, 11) is 0. The van der Waals surface area contributed by atoms with Gasteiger partial charge in [0.15, 0.2) is 5.82 Å². The molecule has 1 amide bonds. The van der Waals surface area contributed by atoms with Crippen LogP contribution in [0, 0.1) is 5.82 Å². The van der Waals surface area contributed by atoms with Crippen molar-refractivity contribution in [1.82, 2.24) is 4.98 Å². The van der Waals surface area contributed by atoms with Crippen LogP contribution in [0.2, 0.25) is 0 Å². The Morgan fingerprint density at radius 1 is 1.33 bits per heavy atom. The molecule has 1 heterocycles. The van der Waals surface area contributed by atoms with Crippen LogP contribution in [0.4, 0.5) is 10.1 Å². The first-order valence-electron chi connectivity index (χ1n) is 5.76. The zero-order valence-electron chi connectivity index (χ0n) is 10.6. The summed E-state index contributed by atoms with van der Waals surface area (Å²) in [5.74, 6) is -0.495. The van der Waals surface area contributed by atoms with Gasteiger partial charge >= 0.3 is 0 Å². The quantitative estimate of drug-likeness (QED) is 0.424. The van der Waals surface area contributed by atoms with Crippen LogP contribution in [0.15, 0.2) is 44.4 Å². The minimum absolute atomic E-state index is 0.145. The van der Waals surface area contributed by atoms with Gasteiger partial charge in [0.2, 0.25) is 5.91 Å². The molecule has 0 atom stereocenters. The average Bonchev–Trinajstić information content (AvgIpc) is 2.44. The van der Waals surface area contributed by atoms with Crippen LogP contribution < -0.4 is 11.1 Å². The number of aromatic nitrogens is 1. The molecule has 8 heteroatoms. The zero-order valence-corrected chi connectivity index (χ0v) is 14.6. The number of nitrogens with one attached hydrogen (secondary N) is 1. The summed E-state index contributed by atoms with van der Waals surface area (Å²) in [6, 6.07) is 8.39. The third kappa shape index (κ3) is 4.18. The van der Waals surface area contributed by atoms with Crippen LogP contribution in [-0.2, 0) is 0 Å². The van der Waals surface area contributed by atoms with Gasteiger partial charge in [-0.3, -0.25) is 4.79 Å². The molecule has 0 unspecified atom stereocenters. The minimum atomic E-state index is -0.476. The van der Waals surface area contributed by atoms with E-state index in [4.69, 9.17) is 5.73 Å². The number of nitrogens with two attached hydrogens (primary N) is 1. The van der Waals surface area contributed by atoms with Crippen molar-refractivity contribution in [3.05, 3.63) is 50.9 Å². The monoisotopic (exact) mass is 433 g/mol. The number of carbonyl (C=O) groups is 1. The second-order valence-electron chi connectivity index (χ2n) is 3.93. The van der Waals surface area contributed by atoms with Gasteiger partial charge in [0.25, 0.3) is 0 Å². The molecule has 21 heavy (non-hydrogen) atoms. The van der Waals surface area contributed by atoms with E-state index in [-0.39, 0.29) is 4.60 Å². The average molecular weight is 435 g/mol. The number of hydrogen-bond acceptors (Lipinski definition) is 4. The molecule has 0 saturated heterocycles. The number of nitrogens with zero attached hydrogens (tertiary/aromatic N) is 1. The van der Waals surface area contributed by atoms with Crippen molar-refractivity contribution in [3.63, 3.8) is 0 Å². The lowest BCUT2D eigenvalue weighted by atomic mass is 10.2. The van der Waals surface area contributed by atoms with Gasteiger partial charge in [-0.2, -0.15) is 0 Å². The van der Waals surface area contributed by atoms with E-state index in [0.717, 1.165) is 4.90 Å². The topological polar surface area (TPSA) is 68.0 Å². The van der Waals surface area contributed by atoms with Crippen molar-refractivity contribution in [3.8, 4) is 0 Å². The molecular weight excluding hydrogens is 425 g/mol. The first kappa shape index (κ1) is 16.3. The summed E-state index contributed by atoms with van der Waals surface area (Å²) in [5, 5.41) is 3.04. The van der Waals surface area contributed by atoms with Crippen LogP contribution in [0.5, 0.6) is 0 Å². The molecule has 0 aliphatic rings. The van der Waals surface area contributed by atoms with Gasteiger partial charge in [-0.25, -0.2) is 9.37 Å². The fraction of sp³-hybridized carbons (Fsp3) is 0.0769. The third-order valence-corrected chi connectivity index (χ3v) is 4.65. The van der Waals surface area contributed by atoms with Gasteiger partial charge in [-0.1, -0.05) is 12.1 Å². The van der Waals surface area contributed by atoms with Crippen molar-refractivity contribution in [2.75, 3.05) is 11.2 Å². The standard InChI is InChI=1S/C13H10Br2FN3OS/c14-11-8(16)5-9(12(15)19-11)18-6-21-10-4-2-1-3-7(10)13(17)20/h1-5,18H,6H2,(H2,17,20). The molecule has 0 spiro atoms. The number of benzene rings is 1. The fourth-order valence-electron chi connectivity index (χ4n) is 1.56. The van der Waals surface area contributed by atoms with Gasteiger partial charge in [0, 0.05) is 11.0 Å².